The van der Waals surface area contributed by atoms with Gasteiger partial charge in [0.2, 0.25) is 0 Å². The lowest BCUT2D eigenvalue weighted by atomic mass is 10.0. The first-order valence-electron chi connectivity index (χ1n) is 5.58. The molecule has 1 amide bonds. The Hall–Kier alpha value is -1.13. The molecule has 3 nitrogen and oxygen atoms in total. The molecule has 0 spiro atoms. The number of halogens is 2. The lowest BCUT2D eigenvalue weighted by Gasteiger charge is -2.30. The van der Waals surface area contributed by atoms with Crippen LogP contribution in [0.15, 0.2) is 18.2 Å². The number of hydrogen-bond donors (Lipinski definition) is 1. The zero-order valence-electron chi connectivity index (χ0n) is 9.33. The van der Waals surface area contributed by atoms with Crippen molar-refractivity contribution in [3.05, 3.63) is 34.6 Å². The van der Waals surface area contributed by atoms with E-state index in [2.05, 4.69) is 0 Å². The molecule has 92 valence electrons. The first kappa shape index (κ1) is 12.3. The standard InChI is InChI=1S/C12H14ClFN2O/c13-10-3-1-2-9(11(10)14)12(17)16-6-4-8(15)5-7-16/h1-3,8H,4-7,15H2. The van der Waals surface area contributed by atoms with Gasteiger partial charge in [0.1, 0.15) is 0 Å². The zero-order valence-corrected chi connectivity index (χ0v) is 10.1. The Bertz CT molecular complexity index is 431. The van der Waals surface area contributed by atoms with Crippen molar-refractivity contribution in [3.63, 3.8) is 0 Å². The van der Waals surface area contributed by atoms with Gasteiger partial charge in [-0.05, 0) is 25.0 Å². The van der Waals surface area contributed by atoms with Gasteiger partial charge in [0.05, 0.1) is 10.6 Å². The van der Waals surface area contributed by atoms with Gasteiger partial charge in [-0.3, -0.25) is 4.79 Å². The molecule has 0 bridgehead atoms. The molecular formula is C12H14ClFN2O. The molecule has 2 N–H and O–H groups in total. The monoisotopic (exact) mass is 256 g/mol. The van der Waals surface area contributed by atoms with Crippen molar-refractivity contribution in [3.8, 4) is 0 Å². The predicted molar refractivity (Wildman–Crippen MR) is 64.5 cm³/mol. The summed E-state index contributed by atoms with van der Waals surface area (Å²) in [6.07, 6.45) is 1.52. The molecule has 1 fully saturated rings. The highest BCUT2D eigenvalue weighted by atomic mass is 35.5. The molecule has 0 radical (unpaired) electrons. The summed E-state index contributed by atoms with van der Waals surface area (Å²) in [5.41, 5.74) is 5.79. The van der Waals surface area contributed by atoms with Gasteiger partial charge in [-0.1, -0.05) is 17.7 Å². The Morgan fingerprint density at radius 1 is 1.41 bits per heavy atom. The van der Waals surface area contributed by atoms with Crippen molar-refractivity contribution < 1.29 is 9.18 Å². The van der Waals surface area contributed by atoms with E-state index in [4.69, 9.17) is 17.3 Å². The molecule has 1 aromatic carbocycles. The van der Waals surface area contributed by atoms with E-state index in [0.717, 1.165) is 12.8 Å². The molecule has 0 aliphatic carbocycles. The van der Waals surface area contributed by atoms with Crippen LogP contribution in [-0.2, 0) is 0 Å². The summed E-state index contributed by atoms with van der Waals surface area (Å²) >= 11 is 5.65. The zero-order chi connectivity index (χ0) is 12.4. The lowest BCUT2D eigenvalue weighted by molar-refractivity contribution is 0.0710. The first-order chi connectivity index (χ1) is 8.09. The van der Waals surface area contributed by atoms with Gasteiger partial charge in [0, 0.05) is 19.1 Å². The molecule has 0 saturated carbocycles. The molecule has 0 atom stereocenters. The Labute approximate surface area is 104 Å². The fraction of sp³-hybridized carbons (Fsp3) is 0.417. The smallest absolute Gasteiger partial charge is 0.256 e. The summed E-state index contributed by atoms with van der Waals surface area (Å²) < 4.78 is 13.7. The number of rotatable bonds is 1. The minimum Gasteiger partial charge on any atom is -0.338 e. The molecule has 17 heavy (non-hydrogen) atoms. The van der Waals surface area contributed by atoms with E-state index in [1.165, 1.54) is 12.1 Å². The maximum absolute atomic E-state index is 13.7. The summed E-state index contributed by atoms with van der Waals surface area (Å²) in [7, 11) is 0. The number of nitrogens with two attached hydrogens (primary N) is 1. The average Bonchev–Trinajstić information content (AvgIpc) is 2.33. The van der Waals surface area contributed by atoms with Crippen LogP contribution in [0.2, 0.25) is 5.02 Å². The summed E-state index contributed by atoms with van der Waals surface area (Å²) in [5.74, 6) is -0.953. The van der Waals surface area contributed by atoms with E-state index in [-0.39, 0.29) is 22.5 Å². The Morgan fingerprint density at radius 3 is 2.71 bits per heavy atom. The molecule has 0 aromatic heterocycles. The number of benzene rings is 1. The largest absolute Gasteiger partial charge is 0.338 e. The number of nitrogens with zero attached hydrogens (tertiary/aromatic N) is 1. The van der Waals surface area contributed by atoms with Crippen molar-refractivity contribution in [2.24, 2.45) is 5.73 Å². The van der Waals surface area contributed by atoms with E-state index in [0.29, 0.717) is 13.1 Å². The molecule has 0 unspecified atom stereocenters. The van der Waals surface area contributed by atoms with Gasteiger partial charge < -0.3 is 10.6 Å². The van der Waals surface area contributed by atoms with Gasteiger partial charge in [-0.25, -0.2) is 4.39 Å². The number of carbonyl (C=O) groups is 1. The SMILES string of the molecule is NC1CCN(C(=O)c2cccc(Cl)c2F)CC1. The topological polar surface area (TPSA) is 46.3 Å². The number of hydrogen-bond acceptors (Lipinski definition) is 2. The minimum atomic E-state index is -0.644. The van der Waals surface area contributed by atoms with Crippen molar-refractivity contribution in [1.82, 2.24) is 4.90 Å². The summed E-state index contributed by atoms with van der Waals surface area (Å²) in [6, 6.07) is 4.61. The first-order valence-corrected chi connectivity index (χ1v) is 5.96. The fourth-order valence-electron chi connectivity index (χ4n) is 1.94. The molecule has 1 aromatic rings. The van der Waals surface area contributed by atoms with Crippen LogP contribution in [0.1, 0.15) is 23.2 Å². The van der Waals surface area contributed by atoms with Crippen molar-refractivity contribution in [2.75, 3.05) is 13.1 Å². The van der Waals surface area contributed by atoms with Crippen molar-refractivity contribution in [2.45, 2.75) is 18.9 Å². The Kier molecular flexibility index (Phi) is 3.64. The van der Waals surface area contributed by atoms with E-state index < -0.39 is 5.82 Å². The van der Waals surface area contributed by atoms with Crippen molar-refractivity contribution >= 4 is 17.5 Å². The summed E-state index contributed by atoms with van der Waals surface area (Å²) in [6.45, 7) is 1.15. The Morgan fingerprint density at radius 2 is 2.06 bits per heavy atom. The normalized spacial score (nSPS) is 17.2. The van der Waals surface area contributed by atoms with Crippen LogP contribution in [0.4, 0.5) is 4.39 Å². The van der Waals surface area contributed by atoms with E-state index >= 15 is 0 Å². The van der Waals surface area contributed by atoms with Crippen LogP contribution in [0, 0.1) is 5.82 Å². The third kappa shape index (κ3) is 2.58. The highest BCUT2D eigenvalue weighted by Crippen LogP contribution is 2.20. The molecule has 1 aliphatic rings. The van der Waals surface area contributed by atoms with Crippen LogP contribution >= 0.6 is 11.6 Å². The van der Waals surface area contributed by atoms with E-state index in [9.17, 15) is 9.18 Å². The fourth-order valence-corrected chi connectivity index (χ4v) is 2.12. The van der Waals surface area contributed by atoms with Crippen LogP contribution in [0.25, 0.3) is 0 Å². The highest BCUT2D eigenvalue weighted by Gasteiger charge is 2.24. The van der Waals surface area contributed by atoms with Gasteiger partial charge in [-0.15, -0.1) is 0 Å². The average molecular weight is 257 g/mol. The number of piperidine rings is 1. The van der Waals surface area contributed by atoms with Crippen LogP contribution < -0.4 is 5.73 Å². The van der Waals surface area contributed by atoms with E-state index in [1.807, 2.05) is 0 Å². The summed E-state index contributed by atoms with van der Waals surface area (Å²) in [4.78, 5) is 13.7. The minimum absolute atomic E-state index is 0.0236. The maximum Gasteiger partial charge on any atom is 0.256 e. The molecule has 5 heteroatoms. The molecule has 1 aliphatic heterocycles. The second-order valence-electron chi connectivity index (χ2n) is 4.23. The number of likely N-dealkylation sites (tertiary alicyclic amines) is 1. The van der Waals surface area contributed by atoms with Gasteiger partial charge in [-0.2, -0.15) is 0 Å². The second-order valence-corrected chi connectivity index (χ2v) is 4.64. The molecule has 1 saturated heterocycles. The number of amides is 1. The number of carbonyl (C=O) groups excluding carboxylic acids is 1. The van der Waals surface area contributed by atoms with Gasteiger partial charge in [0.25, 0.3) is 5.91 Å². The second kappa shape index (κ2) is 5.02. The molecule has 2 rings (SSSR count). The molecular weight excluding hydrogens is 243 g/mol. The highest BCUT2D eigenvalue weighted by molar-refractivity contribution is 6.31. The van der Waals surface area contributed by atoms with Crippen molar-refractivity contribution in [1.29, 1.82) is 0 Å². The van der Waals surface area contributed by atoms with Gasteiger partial charge in [0.15, 0.2) is 5.82 Å². The predicted octanol–water partition coefficient (Wildman–Crippen LogP) is 2.04. The lowest BCUT2D eigenvalue weighted by Crippen LogP contribution is -2.43. The Balaban J connectivity index is 2.17. The third-order valence-electron chi connectivity index (χ3n) is 3.01. The third-order valence-corrected chi connectivity index (χ3v) is 3.30. The van der Waals surface area contributed by atoms with Crippen LogP contribution in [-0.4, -0.2) is 29.9 Å². The van der Waals surface area contributed by atoms with Crippen LogP contribution in [0.3, 0.4) is 0 Å². The van der Waals surface area contributed by atoms with E-state index in [1.54, 1.807) is 11.0 Å². The molecule has 1 heterocycles. The maximum atomic E-state index is 13.7. The van der Waals surface area contributed by atoms with Gasteiger partial charge >= 0.3 is 0 Å². The quantitative estimate of drug-likeness (QED) is 0.836. The van der Waals surface area contributed by atoms with Crippen LogP contribution in [0.5, 0.6) is 0 Å². The summed E-state index contributed by atoms with van der Waals surface area (Å²) in [5, 5.41) is -0.0236.